The second-order valence-corrected chi connectivity index (χ2v) is 9.78. The number of aromatic nitrogens is 2. The van der Waals surface area contributed by atoms with Gasteiger partial charge >= 0.3 is 0 Å². The molecule has 0 bridgehead atoms. The summed E-state index contributed by atoms with van der Waals surface area (Å²) < 4.78 is 13.2. The van der Waals surface area contributed by atoms with Gasteiger partial charge in [0.2, 0.25) is 11.5 Å². The van der Waals surface area contributed by atoms with Gasteiger partial charge in [0.15, 0.2) is 5.16 Å². The van der Waals surface area contributed by atoms with Crippen molar-refractivity contribution in [2.75, 3.05) is 17.7 Å². The number of furan rings is 1. The number of ether oxygens (including phenoxy) is 1. The molecule has 1 unspecified atom stereocenters. The fourth-order valence-electron chi connectivity index (χ4n) is 4.19. The lowest BCUT2D eigenvalue weighted by atomic mass is 10.0. The Morgan fingerprint density at radius 3 is 2.74 bits per heavy atom. The van der Waals surface area contributed by atoms with Gasteiger partial charge in [0, 0.05) is 17.7 Å². The van der Waals surface area contributed by atoms with E-state index < -0.39 is 0 Å². The molecule has 1 amide bonds. The molecule has 0 aliphatic carbocycles. The Balaban J connectivity index is 1.41. The Morgan fingerprint density at radius 2 is 2.00 bits per heavy atom. The van der Waals surface area contributed by atoms with E-state index in [2.05, 4.69) is 19.2 Å². The number of benzene rings is 2. The predicted molar refractivity (Wildman–Crippen MR) is 135 cm³/mol. The standard InChI is InChI=1S/C26H27N3O4S/c1-16(2)17-9-11-18(12-10-17)27-22(30)15-34-26-28-23-20-7-3-4-8-21(20)33-24(23)25(31)29(26)14-19-6-5-13-32-19/h3-4,7-12,16,19H,5-6,13-15H2,1-2H3,(H,27,30). The summed E-state index contributed by atoms with van der Waals surface area (Å²) in [5.74, 6) is 0.406. The van der Waals surface area contributed by atoms with Gasteiger partial charge < -0.3 is 14.5 Å². The maximum atomic E-state index is 13.4. The summed E-state index contributed by atoms with van der Waals surface area (Å²) in [4.78, 5) is 30.8. The van der Waals surface area contributed by atoms with Crippen molar-refractivity contribution in [3.63, 3.8) is 0 Å². The minimum Gasteiger partial charge on any atom is -0.448 e. The largest absolute Gasteiger partial charge is 0.448 e. The molecule has 1 atom stereocenters. The number of carbonyl (C=O) groups is 1. The van der Waals surface area contributed by atoms with Crippen LogP contribution in [0.25, 0.3) is 22.1 Å². The summed E-state index contributed by atoms with van der Waals surface area (Å²) in [7, 11) is 0. The topological polar surface area (TPSA) is 86.4 Å². The first-order chi connectivity index (χ1) is 16.5. The molecule has 1 fully saturated rings. The molecule has 1 saturated heterocycles. The normalized spacial score (nSPS) is 16.0. The van der Waals surface area contributed by atoms with Crippen molar-refractivity contribution in [3.8, 4) is 0 Å². The van der Waals surface area contributed by atoms with Crippen LogP contribution in [0.5, 0.6) is 0 Å². The number of nitrogens with zero attached hydrogens (tertiary/aromatic N) is 2. The zero-order valence-electron chi connectivity index (χ0n) is 19.2. The maximum Gasteiger partial charge on any atom is 0.297 e. The van der Waals surface area contributed by atoms with E-state index in [4.69, 9.17) is 14.1 Å². The number of amides is 1. The lowest BCUT2D eigenvalue weighted by Gasteiger charge is -2.15. The van der Waals surface area contributed by atoms with Crippen molar-refractivity contribution >= 4 is 45.4 Å². The minimum absolute atomic E-state index is 0.0472. The summed E-state index contributed by atoms with van der Waals surface area (Å²) in [6.45, 7) is 5.35. The van der Waals surface area contributed by atoms with Crippen LogP contribution in [0.15, 0.2) is 62.9 Å². The number of thioether (sulfide) groups is 1. The fraction of sp³-hybridized carbons (Fsp3) is 0.346. The van der Waals surface area contributed by atoms with Gasteiger partial charge in [0.1, 0.15) is 11.1 Å². The summed E-state index contributed by atoms with van der Waals surface area (Å²) in [5, 5.41) is 4.21. The molecule has 176 valence electrons. The van der Waals surface area contributed by atoms with Crippen molar-refractivity contribution in [1.82, 2.24) is 9.55 Å². The number of hydrogen-bond acceptors (Lipinski definition) is 6. The number of carbonyl (C=O) groups excluding carboxylic acids is 1. The number of rotatable bonds is 7. The first kappa shape index (κ1) is 22.7. The highest BCUT2D eigenvalue weighted by molar-refractivity contribution is 7.99. The fourth-order valence-corrected chi connectivity index (χ4v) is 5.00. The van der Waals surface area contributed by atoms with E-state index in [0.717, 1.165) is 23.9 Å². The van der Waals surface area contributed by atoms with Crippen LogP contribution in [0.3, 0.4) is 0 Å². The summed E-state index contributed by atoms with van der Waals surface area (Å²) >= 11 is 1.25. The van der Waals surface area contributed by atoms with Crippen molar-refractivity contribution in [2.45, 2.75) is 50.4 Å². The molecule has 34 heavy (non-hydrogen) atoms. The van der Waals surface area contributed by atoms with Gasteiger partial charge in [-0.15, -0.1) is 0 Å². The molecule has 0 spiro atoms. The third kappa shape index (κ3) is 4.60. The lowest BCUT2D eigenvalue weighted by Crippen LogP contribution is -2.29. The third-order valence-corrected chi connectivity index (χ3v) is 7.03. The predicted octanol–water partition coefficient (Wildman–Crippen LogP) is 5.18. The van der Waals surface area contributed by atoms with Gasteiger partial charge in [-0.3, -0.25) is 14.2 Å². The van der Waals surface area contributed by atoms with Crippen LogP contribution in [0, 0.1) is 0 Å². The number of anilines is 1. The second-order valence-electron chi connectivity index (χ2n) is 8.83. The molecule has 0 radical (unpaired) electrons. The van der Waals surface area contributed by atoms with Crippen molar-refractivity contribution in [1.29, 1.82) is 0 Å². The van der Waals surface area contributed by atoms with E-state index >= 15 is 0 Å². The molecule has 2 aromatic heterocycles. The monoisotopic (exact) mass is 477 g/mol. The molecular weight excluding hydrogens is 450 g/mol. The van der Waals surface area contributed by atoms with Gasteiger partial charge in [0.25, 0.3) is 5.56 Å². The Morgan fingerprint density at radius 1 is 1.21 bits per heavy atom. The van der Waals surface area contributed by atoms with Crippen LogP contribution in [-0.4, -0.2) is 33.9 Å². The van der Waals surface area contributed by atoms with E-state index in [-0.39, 0.29) is 28.9 Å². The van der Waals surface area contributed by atoms with E-state index in [9.17, 15) is 9.59 Å². The van der Waals surface area contributed by atoms with Gasteiger partial charge in [-0.05, 0) is 48.6 Å². The third-order valence-electron chi connectivity index (χ3n) is 6.05. The minimum atomic E-state index is -0.246. The molecule has 1 aliphatic rings. The van der Waals surface area contributed by atoms with Crippen LogP contribution in [0.1, 0.15) is 38.2 Å². The van der Waals surface area contributed by atoms with Gasteiger partial charge in [-0.1, -0.05) is 49.9 Å². The average molecular weight is 478 g/mol. The molecule has 4 aromatic rings. The number of para-hydroxylation sites is 1. The van der Waals surface area contributed by atoms with Gasteiger partial charge in [-0.25, -0.2) is 4.98 Å². The van der Waals surface area contributed by atoms with Crippen molar-refractivity contribution in [3.05, 3.63) is 64.4 Å². The van der Waals surface area contributed by atoms with E-state index in [0.29, 0.717) is 35.3 Å². The zero-order chi connectivity index (χ0) is 23.7. The van der Waals surface area contributed by atoms with Crippen molar-refractivity contribution < 1.29 is 13.9 Å². The van der Waals surface area contributed by atoms with E-state index in [1.807, 2.05) is 48.5 Å². The van der Waals surface area contributed by atoms with Gasteiger partial charge in [0.05, 0.1) is 18.4 Å². The van der Waals surface area contributed by atoms with Crippen LogP contribution in [-0.2, 0) is 16.1 Å². The molecule has 2 aromatic carbocycles. The Hall–Kier alpha value is -3.10. The number of hydrogen-bond donors (Lipinski definition) is 1. The molecule has 1 aliphatic heterocycles. The zero-order valence-corrected chi connectivity index (χ0v) is 20.1. The summed E-state index contributed by atoms with van der Waals surface area (Å²) in [6.07, 6.45) is 1.82. The molecule has 5 rings (SSSR count). The Labute approximate surface area is 201 Å². The first-order valence-electron chi connectivity index (χ1n) is 11.6. The highest BCUT2D eigenvalue weighted by atomic mass is 32.2. The second kappa shape index (κ2) is 9.64. The molecule has 0 saturated carbocycles. The summed E-state index contributed by atoms with van der Waals surface area (Å²) in [6, 6.07) is 15.3. The van der Waals surface area contributed by atoms with Crippen LogP contribution in [0.2, 0.25) is 0 Å². The lowest BCUT2D eigenvalue weighted by molar-refractivity contribution is -0.113. The van der Waals surface area contributed by atoms with Crippen LogP contribution in [0.4, 0.5) is 5.69 Å². The molecule has 8 heteroatoms. The highest BCUT2D eigenvalue weighted by Gasteiger charge is 2.23. The van der Waals surface area contributed by atoms with E-state index in [1.165, 1.54) is 17.3 Å². The average Bonchev–Trinajstić information content (AvgIpc) is 3.48. The highest BCUT2D eigenvalue weighted by Crippen LogP contribution is 2.28. The summed E-state index contributed by atoms with van der Waals surface area (Å²) in [5.41, 5.74) is 3.10. The number of fused-ring (bicyclic) bond motifs is 3. The maximum absolute atomic E-state index is 13.4. The first-order valence-corrected chi connectivity index (χ1v) is 12.5. The molecular formula is C26H27N3O4S. The molecule has 7 nitrogen and oxygen atoms in total. The SMILES string of the molecule is CC(C)c1ccc(NC(=O)CSc2nc3c(oc4ccccc43)c(=O)n2CC2CCCO2)cc1. The van der Waals surface area contributed by atoms with E-state index in [1.54, 1.807) is 4.57 Å². The molecule has 3 heterocycles. The number of nitrogens with one attached hydrogen (secondary N) is 1. The van der Waals surface area contributed by atoms with Crippen LogP contribution < -0.4 is 10.9 Å². The molecule has 1 N–H and O–H groups in total. The van der Waals surface area contributed by atoms with Crippen LogP contribution >= 0.6 is 11.8 Å². The van der Waals surface area contributed by atoms with Gasteiger partial charge in [-0.2, -0.15) is 0 Å². The quantitative estimate of drug-likeness (QED) is 0.292. The Kier molecular flexibility index (Phi) is 6.43. The Bertz CT molecular complexity index is 1390. The van der Waals surface area contributed by atoms with Crippen molar-refractivity contribution in [2.24, 2.45) is 0 Å². The smallest absolute Gasteiger partial charge is 0.297 e.